The first kappa shape index (κ1) is 15.5. The quantitative estimate of drug-likeness (QED) is 0.848. The average Bonchev–Trinajstić information content (AvgIpc) is 3.17. The van der Waals surface area contributed by atoms with Crippen LogP contribution in [0.1, 0.15) is 29.5 Å². The second-order valence-electron chi connectivity index (χ2n) is 5.10. The summed E-state index contributed by atoms with van der Waals surface area (Å²) in [6.45, 7) is 2.82. The molecule has 7 heteroatoms. The van der Waals surface area contributed by atoms with Gasteiger partial charge in [-0.25, -0.2) is 0 Å². The lowest BCUT2D eigenvalue weighted by Crippen LogP contribution is -2.13. The van der Waals surface area contributed by atoms with Gasteiger partial charge in [-0.2, -0.15) is 0 Å². The largest absolute Gasteiger partial charge is 0.371 e. The molecule has 1 aliphatic heterocycles. The van der Waals surface area contributed by atoms with E-state index in [-0.39, 0.29) is 12.0 Å². The second-order valence-corrected chi connectivity index (χ2v) is 7.15. The molecule has 22 heavy (non-hydrogen) atoms. The summed E-state index contributed by atoms with van der Waals surface area (Å²) in [6.07, 6.45) is 2.08. The van der Waals surface area contributed by atoms with Crippen molar-refractivity contribution in [1.82, 2.24) is 10.2 Å². The number of hydrogen-bond acceptors (Lipinski definition) is 6. The number of thioether (sulfide) groups is 1. The Morgan fingerprint density at radius 2 is 2.23 bits per heavy atom. The maximum Gasteiger partial charge on any atom is 0.236 e. The van der Waals surface area contributed by atoms with Crippen LogP contribution in [0.5, 0.6) is 0 Å². The van der Waals surface area contributed by atoms with Crippen molar-refractivity contribution in [3.05, 3.63) is 34.8 Å². The van der Waals surface area contributed by atoms with Crippen LogP contribution < -0.4 is 5.32 Å². The molecule has 0 spiro atoms. The van der Waals surface area contributed by atoms with Crippen LogP contribution in [0.15, 0.2) is 29.2 Å². The summed E-state index contributed by atoms with van der Waals surface area (Å²) in [7, 11) is 0. The zero-order chi connectivity index (χ0) is 15.4. The Hall–Kier alpha value is -1.44. The summed E-state index contributed by atoms with van der Waals surface area (Å²) < 4.78 is 5.56. The number of amides is 1. The van der Waals surface area contributed by atoms with Gasteiger partial charge in [0, 0.05) is 11.5 Å². The zero-order valence-electron chi connectivity index (χ0n) is 12.2. The van der Waals surface area contributed by atoms with Gasteiger partial charge in [0.15, 0.2) is 0 Å². The van der Waals surface area contributed by atoms with Gasteiger partial charge in [-0.15, -0.1) is 22.0 Å². The molecule has 5 nitrogen and oxygen atoms in total. The van der Waals surface area contributed by atoms with Crippen LogP contribution in [0.3, 0.4) is 0 Å². The van der Waals surface area contributed by atoms with Crippen LogP contribution in [0.25, 0.3) is 0 Å². The molecule has 0 saturated carbocycles. The SMILES string of the molecule is Cc1ccc(SCC(=O)Nc2nnc(C3CCCO3)s2)cc1. The lowest BCUT2D eigenvalue weighted by Gasteiger charge is -2.03. The smallest absolute Gasteiger partial charge is 0.236 e. The molecule has 1 N–H and O–H groups in total. The van der Waals surface area contributed by atoms with Gasteiger partial charge in [0.25, 0.3) is 0 Å². The molecule has 1 amide bonds. The number of aromatic nitrogens is 2. The fourth-order valence-electron chi connectivity index (χ4n) is 2.13. The molecule has 2 heterocycles. The third-order valence-corrected chi connectivity index (χ3v) is 5.23. The predicted molar refractivity (Wildman–Crippen MR) is 88.4 cm³/mol. The molecule has 1 aliphatic rings. The van der Waals surface area contributed by atoms with Gasteiger partial charge in [-0.05, 0) is 31.9 Å². The van der Waals surface area contributed by atoms with Gasteiger partial charge < -0.3 is 4.74 Å². The lowest BCUT2D eigenvalue weighted by atomic mass is 10.2. The average molecular weight is 335 g/mol. The first-order valence-electron chi connectivity index (χ1n) is 7.15. The highest BCUT2D eigenvalue weighted by atomic mass is 32.2. The molecule has 0 aliphatic carbocycles. The van der Waals surface area contributed by atoms with E-state index in [2.05, 4.69) is 15.5 Å². The minimum absolute atomic E-state index is 0.0464. The minimum Gasteiger partial charge on any atom is -0.371 e. The van der Waals surface area contributed by atoms with Crippen molar-refractivity contribution in [2.75, 3.05) is 17.7 Å². The molecule has 3 rings (SSSR count). The van der Waals surface area contributed by atoms with E-state index >= 15 is 0 Å². The molecule has 1 unspecified atom stereocenters. The summed E-state index contributed by atoms with van der Waals surface area (Å²) in [6, 6.07) is 8.12. The summed E-state index contributed by atoms with van der Waals surface area (Å²) in [5.41, 5.74) is 1.21. The molecule has 1 fully saturated rings. The van der Waals surface area contributed by atoms with Gasteiger partial charge >= 0.3 is 0 Å². The van der Waals surface area contributed by atoms with Gasteiger partial charge in [0.2, 0.25) is 11.0 Å². The van der Waals surface area contributed by atoms with Gasteiger partial charge in [0.05, 0.1) is 5.75 Å². The highest BCUT2D eigenvalue weighted by Crippen LogP contribution is 2.31. The van der Waals surface area contributed by atoms with Gasteiger partial charge in [-0.3, -0.25) is 10.1 Å². The highest BCUT2D eigenvalue weighted by Gasteiger charge is 2.22. The van der Waals surface area contributed by atoms with Crippen LogP contribution >= 0.6 is 23.1 Å². The van der Waals surface area contributed by atoms with E-state index in [0.717, 1.165) is 29.4 Å². The number of benzene rings is 1. The van der Waals surface area contributed by atoms with Crippen molar-refractivity contribution in [2.24, 2.45) is 0 Å². The molecule has 2 aromatic rings. The van der Waals surface area contributed by atoms with E-state index in [9.17, 15) is 4.79 Å². The Morgan fingerprint density at radius 1 is 1.41 bits per heavy atom. The Labute approximate surface area is 137 Å². The summed E-state index contributed by atoms with van der Waals surface area (Å²) in [5.74, 6) is 0.290. The van der Waals surface area contributed by atoms with Crippen molar-refractivity contribution in [1.29, 1.82) is 0 Å². The Morgan fingerprint density at radius 3 is 2.95 bits per heavy atom. The third kappa shape index (κ3) is 4.06. The number of carbonyl (C=O) groups excluding carboxylic acids is 1. The minimum atomic E-state index is -0.0689. The topological polar surface area (TPSA) is 64.1 Å². The molecule has 0 bridgehead atoms. The molecule has 1 aromatic carbocycles. The maximum atomic E-state index is 12.0. The number of rotatable bonds is 5. The number of anilines is 1. The number of hydrogen-bond donors (Lipinski definition) is 1. The predicted octanol–water partition coefficient (Wildman–Crippen LogP) is 3.43. The molecule has 1 saturated heterocycles. The Kier molecular flexibility index (Phi) is 5.07. The monoisotopic (exact) mass is 335 g/mol. The van der Waals surface area contributed by atoms with Crippen LogP contribution in [0.4, 0.5) is 5.13 Å². The van der Waals surface area contributed by atoms with E-state index in [1.165, 1.54) is 28.7 Å². The highest BCUT2D eigenvalue weighted by molar-refractivity contribution is 8.00. The summed E-state index contributed by atoms with van der Waals surface area (Å²) in [4.78, 5) is 13.0. The van der Waals surface area contributed by atoms with E-state index in [1.54, 1.807) is 0 Å². The van der Waals surface area contributed by atoms with E-state index in [1.807, 2.05) is 31.2 Å². The van der Waals surface area contributed by atoms with Crippen LogP contribution in [-0.4, -0.2) is 28.5 Å². The summed E-state index contributed by atoms with van der Waals surface area (Å²) in [5, 5.41) is 12.3. The van der Waals surface area contributed by atoms with Gasteiger partial charge in [-0.1, -0.05) is 29.0 Å². The normalized spacial score (nSPS) is 17.6. The van der Waals surface area contributed by atoms with Crippen LogP contribution in [0.2, 0.25) is 0 Å². The Balaban J connectivity index is 1.50. The lowest BCUT2D eigenvalue weighted by molar-refractivity contribution is -0.113. The molecular formula is C15H17N3O2S2. The number of carbonyl (C=O) groups is 1. The molecular weight excluding hydrogens is 318 g/mol. The van der Waals surface area contributed by atoms with E-state index in [4.69, 9.17) is 4.74 Å². The molecule has 1 aromatic heterocycles. The van der Waals surface area contributed by atoms with Crippen LogP contribution in [0, 0.1) is 6.92 Å². The van der Waals surface area contributed by atoms with E-state index in [0.29, 0.717) is 10.9 Å². The Bertz CT molecular complexity index is 636. The van der Waals surface area contributed by atoms with Crippen molar-refractivity contribution in [3.8, 4) is 0 Å². The van der Waals surface area contributed by atoms with E-state index < -0.39 is 0 Å². The van der Waals surface area contributed by atoms with Gasteiger partial charge in [0.1, 0.15) is 11.1 Å². The molecule has 1 atom stereocenters. The summed E-state index contributed by atoms with van der Waals surface area (Å²) >= 11 is 2.90. The third-order valence-electron chi connectivity index (χ3n) is 3.28. The number of aryl methyl sites for hydroxylation is 1. The van der Waals surface area contributed by atoms with Crippen molar-refractivity contribution < 1.29 is 9.53 Å². The van der Waals surface area contributed by atoms with Crippen LogP contribution in [-0.2, 0) is 9.53 Å². The first-order valence-corrected chi connectivity index (χ1v) is 8.95. The molecule has 0 radical (unpaired) electrons. The fourth-order valence-corrected chi connectivity index (χ4v) is 3.67. The first-order chi connectivity index (χ1) is 10.7. The zero-order valence-corrected chi connectivity index (χ0v) is 13.9. The standard InChI is InChI=1S/C15H17N3O2S2/c1-10-4-6-11(7-5-10)21-9-13(19)16-15-18-17-14(22-15)12-3-2-8-20-12/h4-7,12H,2-3,8-9H2,1H3,(H,16,18,19). The van der Waals surface area contributed by atoms with Crippen molar-refractivity contribution in [2.45, 2.75) is 30.8 Å². The van der Waals surface area contributed by atoms with Crippen molar-refractivity contribution >= 4 is 34.1 Å². The molecule has 116 valence electrons. The van der Waals surface area contributed by atoms with Crippen molar-refractivity contribution in [3.63, 3.8) is 0 Å². The number of ether oxygens (including phenoxy) is 1. The fraction of sp³-hybridized carbons (Fsp3) is 0.400. The number of nitrogens with zero attached hydrogens (tertiary/aromatic N) is 2. The number of nitrogens with one attached hydrogen (secondary N) is 1. The maximum absolute atomic E-state index is 12.0. The second kappa shape index (κ2) is 7.21.